The van der Waals surface area contributed by atoms with E-state index in [1.807, 2.05) is 0 Å². The van der Waals surface area contributed by atoms with Gasteiger partial charge in [0.2, 0.25) is 11.8 Å². The number of aliphatic carboxylic acids is 1. The molecule has 2 N–H and O–H groups in total. The van der Waals surface area contributed by atoms with Crippen LogP contribution in [0.4, 0.5) is 0 Å². The van der Waals surface area contributed by atoms with Crippen molar-refractivity contribution in [2.75, 3.05) is 0 Å². The molecule has 2 amide bonds. The van der Waals surface area contributed by atoms with Crippen molar-refractivity contribution in [3.05, 3.63) is 12.3 Å². The molecule has 1 rings (SSSR count). The van der Waals surface area contributed by atoms with Crippen molar-refractivity contribution >= 4 is 17.8 Å². The first-order chi connectivity index (χ1) is 13.8. The van der Waals surface area contributed by atoms with E-state index in [0.29, 0.717) is 11.5 Å². The van der Waals surface area contributed by atoms with Crippen LogP contribution >= 0.6 is 0 Å². The fourth-order valence-electron chi connectivity index (χ4n) is 4.04. The van der Waals surface area contributed by atoms with E-state index < -0.39 is 17.6 Å². The van der Waals surface area contributed by atoms with Crippen molar-refractivity contribution in [1.29, 1.82) is 0 Å². The van der Waals surface area contributed by atoms with Gasteiger partial charge in [-0.1, -0.05) is 72.3 Å². The Kier molecular flexibility index (Phi) is 10.4. The Morgan fingerprint density at radius 2 is 1.52 bits per heavy atom. The predicted octanol–water partition coefficient (Wildman–Crippen LogP) is 4.49. The van der Waals surface area contributed by atoms with Gasteiger partial charge in [0.05, 0.1) is 11.7 Å². The van der Waals surface area contributed by atoms with Crippen LogP contribution in [0.15, 0.2) is 12.3 Å². The van der Waals surface area contributed by atoms with E-state index in [2.05, 4.69) is 13.5 Å². The quantitative estimate of drug-likeness (QED) is 0.234. The van der Waals surface area contributed by atoms with E-state index >= 15 is 0 Å². The molecule has 0 saturated carbocycles. The average molecular weight is 411 g/mol. The summed E-state index contributed by atoms with van der Waals surface area (Å²) in [5.74, 6) is -1.72. The van der Waals surface area contributed by atoms with Crippen LogP contribution in [0, 0.1) is 0 Å². The summed E-state index contributed by atoms with van der Waals surface area (Å²) in [5, 5.41) is 21.2. The van der Waals surface area contributed by atoms with E-state index in [9.17, 15) is 24.7 Å². The van der Waals surface area contributed by atoms with Crippen molar-refractivity contribution in [2.24, 2.45) is 0 Å². The number of hydroxylamine groups is 2. The standard InChI is InChI=1S/C22H38N2O5/c1-5-8-9-10-11-12-13-14-18(23-19(25)15-16-20(23)26)17(4)24(29)22(6-2,7-3)21(27)28/h18,29H,4-16H2,1-3H3,(H,27,28). The van der Waals surface area contributed by atoms with Gasteiger partial charge in [-0.2, -0.15) is 0 Å². The van der Waals surface area contributed by atoms with Gasteiger partial charge >= 0.3 is 5.97 Å². The molecule has 7 nitrogen and oxygen atoms in total. The number of nitrogens with zero attached hydrogens (tertiary/aromatic N) is 2. The number of imide groups is 1. The van der Waals surface area contributed by atoms with Gasteiger partial charge in [-0.05, 0) is 19.3 Å². The molecule has 166 valence electrons. The predicted molar refractivity (Wildman–Crippen MR) is 111 cm³/mol. The summed E-state index contributed by atoms with van der Waals surface area (Å²) in [5.41, 5.74) is -1.42. The summed E-state index contributed by atoms with van der Waals surface area (Å²) < 4.78 is 0. The van der Waals surface area contributed by atoms with Crippen LogP contribution < -0.4 is 0 Å². The van der Waals surface area contributed by atoms with E-state index in [-0.39, 0.29) is 43.2 Å². The van der Waals surface area contributed by atoms with Crippen LogP contribution in [-0.4, -0.2) is 49.6 Å². The van der Waals surface area contributed by atoms with Gasteiger partial charge < -0.3 is 5.11 Å². The van der Waals surface area contributed by atoms with Crippen LogP contribution in [0.2, 0.25) is 0 Å². The molecule has 1 heterocycles. The Morgan fingerprint density at radius 3 is 1.97 bits per heavy atom. The summed E-state index contributed by atoms with van der Waals surface area (Å²) in [6, 6.07) is -0.713. The Hall–Kier alpha value is -1.89. The third-order valence-electron chi connectivity index (χ3n) is 6.11. The van der Waals surface area contributed by atoms with Gasteiger partial charge in [0, 0.05) is 12.8 Å². The van der Waals surface area contributed by atoms with E-state index in [1.165, 1.54) is 24.2 Å². The molecule has 0 bridgehead atoms. The van der Waals surface area contributed by atoms with Crippen molar-refractivity contribution in [2.45, 2.75) is 109 Å². The Bertz CT molecular complexity index is 570. The minimum Gasteiger partial charge on any atom is -0.479 e. The first kappa shape index (κ1) is 25.1. The lowest BCUT2D eigenvalue weighted by molar-refractivity contribution is -0.188. The molecule has 0 radical (unpaired) electrons. The number of rotatable bonds is 15. The number of amides is 2. The summed E-state index contributed by atoms with van der Waals surface area (Å²) in [7, 11) is 0. The van der Waals surface area contributed by atoms with Gasteiger partial charge in [-0.15, -0.1) is 0 Å². The highest BCUT2D eigenvalue weighted by Gasteiger charge is 2.45. The lowest BCUT2D eigenvalue weighted by Crippen LogP contribution is -2.55. The number of carbonyl (C=O) groups excluding carboxylic acids is 2. The number of hydrogen-bond acceptors (Lipinski definition) is 5. The zero-order valence-corrected chi connectivity index (χ0v) is 18.3. The van der Waals surface area contributed by atoms with Crippen LogP contribution in [0.25, 0.3) is 0 Å². The molecule has 1 saturated heterocycles. The molecular formula is C22H38N2O5. The van der Waals surface area contributed by atoms with Gasteiger partial charge in [0.15, 0.2) is 5.54 Å². The summed E-state index contributed by atoms with van der Waals surface area (Å²) in [4.78, 5) is 37.7. The van der Waals surface area contributed by atoms with Crippen molar-refractivity contribution in [3.8, 4) is 0 Å². The topological polar surface area (TPSA) is 98.2 Å². The molecule has 0 aromatic rings. The monoisotopic (exact) mass is 410 g/mol. The Morgan fingerprint density at radius 1 is 1.03 bits per heavy atom. The maximum Gasteiger partial charge on any atom is 0.332 e. The highest BCUT2D eigenvalue weighted by molar-refractivity contribution is 6.02. The Labute approximate surface area is 174 Å². The molecule has 1 fully saturated rings. The van der Waals surface area contributed by atoms with Crippen molar-refractivity contribution in [1.82, 2.24) is 9.96 Å². The minimum atomic E-state index is -1.53. The first-order valence-electron chi connectivity index (χ1n) is 11.0. The summed E-state index contributed by atoms with van der Waals surface area (Å²) in [6.45, 7) is 9.46. The number of carboxylic acid groups (broad SMARTS) is 1. The normalized spacial score (nSPS) is 15.7. The lowest BCUT2D eigenvalue weighted by Gasteiger charge is -2.41. The van der Waals surface area contributed by atoms with Crippen LogP contribution in [0.1, 0.15) is 97.8 Å². The third-order valence-corrected chi connectivity index (χ3v) is 6.11. The molecular weight excluding hydrogens is 372 g/mol. The third kappa shape index (κ3) is 6.04. The molecule has 0 aromatic heterocycles. The number of likely N-dealkylation sites (tertiary alicyclic amines) is 1. The SMILES string of the molecule is C=C(C(CCCCCCCCC)N1C(=O)CCC1=O)N(O)C(CC)(CC)C(=O)O. The number of carboxylic acids is 1. The fraction of sp³-hybridized carbons (Fsp3) is 0.773. The minimum absolute atomic E-state index is 0.102. The zero-order valence-electron chi connectivity index (χ0n) is 18.3. The van der Waals surface area contributed by atoms with E-state index in [1.54, 1.807) is 13.8 Å². The molecule has 1 aliphatic heterocycles. The van der Waals surface area contributed by atoms with Gasteiger partial charge in [0.1, 0.15) is 0 Å². The number of hydrogen-bond donors (Lipinski definition) is 2. The van der Waals surface area contributed by atoms with Crippen LogP contribution in [-0.2, 0) is 14.4 Å². The molecule has 7 heteroatoms. The first-order valence-corrected chi connectivity index (χ1v) is 11.0. The van der Waals surface area contributed by atoms with E-state index in [4.69, 9.17) is 0 Å². The lowest BCUT2D eigenvalue weighted by atomic mass is 9.90. The second-order valence-electron chi connectivity index (χ2n) is 7.93. The van der Waals surface area contributed by atoms with Crippen LogP contribution in [0.3, 0.4) is 0 Å². The second-order valence-corrected chi connectivity index (χ2v) is 7.93. The highest BCUT2D eigenvalue weighted by atomic mass is 16.5. The molecule has 0 aromatic carbocycles. The van der Waals surface area contributed by atoms with E-state index in [0.717, 1.165) is 25.7 Å². The Balaban J connectivity index is 2.92. The van der Waals surface area contributed by atoms with Crippen molar-refractivity contribution in [3.63, 3.8) is 0 Å². The highest BCUT2D eigenvalue weighted by Crippen LogP contribution is 2.32. The average Bonchev–Trinajstić information content (AvgIpc) is 3.03. The molecule has 1 aliphatic rings. The van der Waals surface area contributed by atoms with Crippen molar-refractivity contribution < 1.29 is 24.7 Å². The van der Waals surface area contributed by atoms with Crippen LogP contribution in [0.5, 0.6) is 0 Å². The molecule has 1 unspecified atom stereocenters. The largest absolute Gasteiger partial charge is 0.479 e. The molecule has 29 heavy (non-hydrogen) atoms. The molecule has 0 spiro atoms. The summed E-state index contributed by atoms with van der Waals surface area (Å²) >= 11 is 0. The smallest absolute Gasteiger partial charge is 0.332 e. The number of carbonyl (C=O) groups is 3. The molecule has 0 aliphatic carbocycles. The maximum atomic E-state index is 12.3. The zero-order chi connectivity index (χ0) is 22.0. The fourth-order valence-corrected chi connectivity index (χ4v) is 4.04. The van der Waals surface area contributed by atoms with Gasteiger partial charge in [0.25, 0.3) is 0 Å². The number of unbranched alkanes of at least 4 members (excludes halogenated alkanes) is 6. The van der Waals surface area contributed by atoms with Gasteiger partial charge in [-0.25, -0.2) is 9.86 Å². The second kappa shape index (κ2) is 12.0. The van der Waals surface area contributed by atoms with Gasteiger partial charge in [-0.3, -0.25) is 19.7 Å². The maximum absolute atomic E-state index is 12.3. The molecule has 1 atom stereocenters. The summed E-state index contributed by atoms with van der Waals surface area (Å²) in [6.07, 6.45) is 8.69.